The van der Waals surface area contributed by atoms with Crippen LogP contribution in [0.25, 0.3) is 11.0 Å². The number of carbonyl (C=O) groups excluding carboxylic acids is 3. The van der Waals surface area contributed by atoms with E-state index in [2.05, 4.69) is 20.4 Å². The van der Waals surface area contributed by atoms with E-state index in [4.69, 9.17) is 10.5 Å². The number of nitrogens with zero attached hydrogens (tertiary/aromatic N) is 4. The first-order valence-corrected chi connectivity index (χ1v) is 10.2. The van der Waals surface area contributed by atoms with E-state index in [0.717, 1.165) is 13.2 Å². The maximum absolute atomic E-state index is 13.1. The molecule has 13 nitrogen and oxygen atoms in total. The number of methoxy groups -OCH3 is 1. The zero-order valence-corrected chi connectivity index (χ0v) is 18.7. The highest BCUT2D eigenvalue weighted by molar-refractivity contribution is 6.46. The maximum atomic E-state index is 13.1. The molecular formula is C22H21N7O6. The summed E-state index contributed by atoms with van der Waals surface area (Å²) < 4.78 is 4.87. The Balaban J connectivity index is 2.00. The van der Waals surface area contributed by atoms with E-state index in [0.29, 0.717) is 22.4 Å². The second-order valence-electron chi connectivity index (χ2n) is 7.26. The molecule has 0 spiro atoms. The van der Waals surface area contributed by atoms with E-state index in [1.54, 1.807) is 25.1 Å². The van der Waals surface area contributed by atoms with Crippen molar-refractivity contribution in [3.8, 4) is 0 Å². The van der Waals surface area contributed by atoms with Crippen LogP contribution < -0.4 is 16.5 Å². The van der Waals surface area contributed by atoms with Gasteiger partial charge in [0.15, 0.2) is 0 Å². The van der Waals surface area contributed by atoms with Crippen molar-refractivity contribution in [2.75, 3.05) is 12.4 Å². The molecule has 2 aromatic carbocycles. The van der Waals surface area contributed by atoms with Crippen molar-refractivity contribution in [1.82, 2.24) is 15.4 Å². The number of hydrogen-bond acceptors (Lipinski definition) is 9. The van der Waals surface area contributed by atoms with Crippen molar-refractivity contribution in [3.63, 3.8) is 0 Å². The van der Waals surface area contributed by atoms with Crippen LogP contribution in [0.1, 0.15) is 11.4 Å². The van der Waals surface area contributed by atoms with E-state index in [9.17, 15) is 24.5 Å². The number of non-ortho nitro benzene ring substituents is 1. The second-order valence-corrected chi connectivity index (χ2v) is 7.26. The Morgan fingerprint density at radius 1 is 1.14 bits per heavy atom. The molecule has 1 atom stereocenters. The van der Waals surface area contributed by atoms with Crippen molar-refractivity contribution < 1.29 is 24.0 Å². The summed E-state index contributed by atoms with van der Waals surface area (Å²) >= 11 is 0. The Kier molecular flexibility index (Phi) is 7.61. The maximum Gasteiger partial charge on any atom is 0.332 e. The number of nitro benzene ring substituents is 1. The number of nitro groups is 1. The summed E-state index contributed by atoms with van der Waals surface area (Å²) in [6.45, 7) is 1.70. The van der Waals surface area contributed by atoms with E-state index in [-0.39, 0.29) is 17.8 Å². The van der Waals surface area contributed by atoms with Crippen LogP contribution in [-0.4, -0.2) is 45.6 Å². The van der Waals surface area contributed by atoms with Crippen LogP contribution in [0.3, 0.4) is 0 Å². The zero-order chi connectivity index (χ0) is 25.5. The van der Waals surface area contributed by atoms with Gasteiger partial charge in [0.25, 0.3) is 11.6 Å². The average molecular weight is 479 g/mol. The number of carbonyl (C=O) groups is 3. The number of esters is 1. The fourth-order valence-electron chi connectivity index (χ4n) is 3.24. The van der Waals surface area contributed by atoms with Gasteiger partial charge in [0.1, 0.15) is 11.6 Å². The minimum absolute atomic E-state index is 0.0706. The largest absolute Gasteiger partial charge is 0.468 e. The molecule has 0 aliphatic heterocycles. The van der Waals surface area contributed by atoms with E-state index >= 15 is 0 Å². The standard InChI is InChI=1S/C22H21N7O6/c1-12-18(26-17-9-4-3-8-16(17)24-12)11-15(21(31)35-2)19(27-28-22(23)32)20(30)25-13-6-5-7-14(10-13)29(33)34/h3-10,15H,11H2,1-2H3,(H,25,30)(H3,23,28,32)/b27-19-. The smallest absolute Gasteiger partial charge is 0.332 e. The van der Waals surface area contributed by atoms with Crippen LogP contribution in [0, 0.1) is 23.0 Å². The lowest BCUT2D eigenvalue weighted by atomic mass is 9.95. The van der Waals surface area contributed by atoms with Gasteiger partial charge in [-0.15, -0.1) is 0 Å². The summed E-state index contributed by atoms with van der Waals surface area (Å²) in [6, 6.07) is 11.2. The van der Waals surface area contributed by atoms with Crippen LogP contribution in [0.15, 0.2) is 53.6 Å². The highest BCUT2D eigenvalue weighted by atomic mass is 16.6. The summed E-state index contributed by atoms with van der Waals surface area (Å²) in [7, 11) is 1.13. The Hall–Kier alpha value is -4.94. The number of hydrogen-bond donors (Lipinski definition) is 3. The van der Waals surface area contributed by atoms with Crippen LogP contribution in [0.5, 0.6) is 0 Å². The number of urea groups is 1. The van der Waals surface area contributed by atoms with Gasteiger partial charge in [-0.05, 0) is 25.1 Å². The first-order chi connectivity index (χ1) is 16.7. The number of ether oxygens (including phenoxy) is 1. The van der Waals surface area contributed by atoms with Gasteiger partial charge in [-0.3, -0.25) is 19.7 Å². The Labute approximate surface area is 198 Å². The summed E-state index contributed by atoms with van der Waals surface area (Å²) in [4.78, 5) is 56.5. The van der Waals surface area contributed by atoms with Crippen molar-refractivity contribution >= 4 is 46.0 Å². The molecular weight excluding hydrogens is 458 g/mol. The molecule has 1 aromatic heterocycles. The van der Waals surface area contributed by atoms with E-state index < -0.39 is 34.5 Å². The molecule has 180 valence electrons. The van der Waals surface area contributed by atoms with Crippen molar-refractivity contribution in [1.29, 1.82) is 0 Å². The highest BCUT2D eigenvalue weighted by Crippen LogP contribution is 2.20. The molecule has 0 fully saturated rings. The summed E-state index contributed by atoms with van der Waals surface area (Å²) in [6.07, 6.45) is -0.141. The molecule has 0 aliphatic rings. The third-order valence-corrected chi connectivity index (χ3v) is 4.89. The van der Waals surface area contributed by atoms with E-state index in [1.165, 1.54) is 18.2 Å². The lowest BCUT2D eigenvalue weighted by molar-refractivity contribution is -0.384. The number of para-hydroxylation sites is 2. The molecule has 3 rings (SSSR count). The highest BCUT2D eigenvalue weighted by Gasteiger charge is 2.33. The molecule has 0 saturated heterocycles. The summed E-state index contributed by atoms with van der Waals surface area (Å²) in [5, 5.41) is 17.2. The molecule has 3 aromatic rings. The molecule has 1 heterocycles. The van der Waals surface area contributed by atoms with E-state index in [1.807, 2.05) is 11.5 Å². The number of nitrogens with one attached hydrogen (secondary N) is 2. The Morgan fingerprint density at radius 2 is 1.83 bits per heavy atom. The molecule has 13 heteroatoms. The average Bonchev–Trinajstić information content (AvgIpc) is 2.83. The van der Waals surface area contributed by atoms with Crippen LogP contribution in [-0.2, 0) is 20.7 Å². The molecule has 0 radical (unpaired) electrons. The number of fused-ring (bicyclic) bond motifs is 1. The first-order valence-electron chi connectivity index (χ1n) is 10.2. The number of anilines is 1. The number of aryl methyl sites for hydroxylation is 1. The molecule has 0 aliphatic carbocycles. The zero-order valence-electron chi connectivity index (χ0n) is 18.7. The number of rotatable bonds is 8. The van der Waals surface area contributed by atoms with Gasteiger partial charge in [0, 0.05) is 24.2 Å². The normalized spacial score (nSPS) is 12.0. The Morgan fingerprint density at radius 3 is 2.46 bits per heavy atom. The summed E-state index contributed by atoms with van der Waals surface area (Å²) in [5.74, 6) is -3.07. The fourth-order valence-corrected chi connectivity index (χ4v) is 3.24. The fraction of sp³-hybridized carbons (Fsp3) is 0.182. The van der Waals surface area contributed by atoms with Gasteiger partial charge in [-0.1, -0.05) is 18.2 Å². The van der Waals surface area contributed by atoms with Gasteiger partial charge >= 0.3 is 12.0 Å². The molecule has 3 amide bonds. The van der Waals surface area contributed by atoms with Gasteiger partial charge < -0.3 is 15.8 Å². The molecule has 35 heavy (non-hydrogen) atoms. The number of aromatic nitrogens is 2. The van der Waals surface area contributed by atoms with Crippen molar-refractivity contribution in [3.05, 3.63) is 70.0 Å². The number of amides is 3. The van der Waals surface area contributed by atoms with Crippen molar-refractivity contribution in [2.45, 2.75) is 13.3 Å². The lowest BCUT2D eigenvalue weighted by Gasteiger charge is -2.18. The molecule has 0 saturated carbocycles. The SMILES string of the molecule is COC(=O)C(Cc1nc2ccccc2nc1C)/C(=N/NC(N)=O)C(=O)Nc1cccc([N+](=O)[O-])c1. The Bertz CT molecular complexity index is 1340. The number of benzene rings is 2. The number of hydrazone groups is 1. The first kappa shape index (κ1) is 24.7. The quantitative estimate of drug-likeness (QED) is 0.188. The predicted molar refractivity (Wildman–Crippen MR) is 125 cm³/mol. The van der Waals surface area contributed by atoms with Gasteiger partial charge in [-0.25, -0.2) is 20.2 Å². The topological polar surface area (TPSA) is 192 Å². The summed E-state index contributed by atoms with van der Waals surface area (Å²) in [5.41, 5.74) is 8.53. The number of nitrogens with two attached hydrogens (primary N) is 1. The lowest BCUT2D eigenvalue weighted by Crippen LogP contribution is -2.39. The monoisotopic (exact) mass is 479 g/mol. The minimum atomic E-state index is -1.32. The molecule has 4 N–H and O–H groups in total. The molecule has 1 unspecified atom stereocenters. The predicted octanol–water partition coefficient (Wildman–Crippen LogP) is 1.84. The third-order valence-electron chi connectivity index (χ3n) is 4.89. The third kappa shape index (κ3) is 6.10. The van der Waals surface area contributed by atoms with Gasteiger partial charge in [0.2, 0.25) is 0 Å². The second kappa shape index (κ2) is 10.8. The van der Waals surface area contributed by atoms with Crippen LogP contribution in [0.4, 0.5) is 16.2 Å². The molecule has 0 bridgehead atoms. The van der Waals surface area contributed by atoms with Gasteiger partial charge in [0.05, 0.1) is 34.5 Å². The van der Waals surface area contributed by atoms with Gasteiger partial charge in [-0.2, -0.15) is 5.10 Å². The minimum Gasteiger partial charge on any atom is -0.468 e. The number of primary amides is 1. The van der Waals surface area contributed by atoms with Crippen LogP contribution >= 0.6 is 0 Å². The van der Waals surface area contributed by atoms with Crippen LogP contribution in [0.2, 0.25) is 0 Å². The van der Waals surface area contributed by atoms with Crippen molar-refractivity contribution in [2.24, 2.45) is 16.8 Å².